The number of rotatable bonds is 5. The molecule has 0 spiro atoms. The number of nitrogens with zero attached hydrogens (tertiary/aromatic N) is 2. The maximum Gasteiger partial charge on any atom is 0.189 e. The predicted octanol–water partition coefficient (Wildman–Crippen LogP) is 2.00. The lowest BCUT2D eigenvalue weighted by Crippen LogP contribution is -2.39. The van der Waals surface area contributed by atoms with Crippen molar-refractivity contribution in [2.45, 2.75) is 51.6 Å². The minimum absolute atomic E-state index is 0.0315. The Morgan fingerprint density at radius 2 is 2.26 bits per heavy atom. The zero-order valence-electron chi connectivity index (χ0n) is 11.8. The van der Waals surface area contributed by atoms with E-state index in [0.717, 1.165) is 38.6 Å². The second kappa shape index (κ2) is 6.19. The average molecular weight is 265 g/mol. The smallest absolute Gasteiger partial charge is 0.189 e. The van der Waals surface area contributed by atoms with Gasteiger partial charge in [-0.3, -0.25) is 9.48 Å². The fourth-order valence-corrected chi connectivity index (χ4v) is 2.81. The van der Waals surface area contributed by atoms with Gasteiger partial charge in [-0.15, -0.1) is 0 Å². The van der Waals surface area contributed by atoms with Crippen molar-refractivity contribution in [3.63, 3.8) is 0 Å². The third kappa shape index (κ3) is 2.81. The Kier molecular flexibility index (Phi) is 4.58. The Balaban J connectivity index is 2.28. The molecule has 19 heavy (non-hydrogen) atoms. The molecule has 0 radical (unpaired) electrons. The van der Waals surface area contributed by atoms with Crippen LogP contribution < -0.4 is 10.5 Å². The van der Waals surface area contributed by atoms with Crippen LogP contribution in [0.5, 0.6) is 5.75 Å². The molecule has 106 valence electrons. The Morgan fingerprint density at radius 1 is 1.53 bits per heavy atom. The van der Waals surface area contributed by atoms with E-state index in [0.29, 0.717) is 11.4 Å². The lowest BCUT2D eigenvalue weighted by molar-refractivity contribution is 0.0856. The summed E-state index contributed by atoms with van der Waals surface area (Å²) >= 11 is 0. The molecule has 2 rings (SSSR count). The van der Waals surface area contributed by atoms with E-state index in [-0.39, 0.29) is 17.7 Å². The Bertz CT molecular complexity index is 442. The molecule has 1 fully saturated rings. The lowest BCUT2D eigenvalue weighted by atomic mass is 9.81. The predicted molar refractivity (Wildman–Crippen MR) is 73.3 cm³/mol. The van der Waals surface area contributed by atoms with Crippen molar-refractivity contribution < 1.29 is 9.53 Å². The van der Waals surface area contributed by atoms with Crippen LogP contribution >= 0.6 is 0 Å². The Morgan fingerprint density at radius 3 is 2.89 bits per heavy atom. The molecule has 1 heterocycles. The van der Waals surface area contributed by atoms with Gasteiger partial charge in [-0.1, -0.05) is 19.8 Å². The number of ketones is 1. The number of aromatic nitrogens is 2. The van der Waals surface area contributed by atoms with Gasteiger partial charge >= 0.3 is 0 Å². The fourth-order valence-electron chi connectivity index (χ4n) is 2.81. The largest absolute Gasteiger partial charge is 0.493 e. The van der Waals surface area contributed by atoms with Gasteiger partial charge in [0.1, 0.15) is 5.69 Å². The van der Waals surface area contributed by atoms with Gasteiger partial charge in [-0.25, -0.2) is 0 Å². The van der Waals surface area contributed by atoms with Gasteiger partial charge in [-0.2, -0.15) is 5.10 Å². The van der Waals surface area contributed by atoms with Crippen molar-refractivity contribution >= 4 is 5.78 Å². The van der Waals surface area contributed by atoms with Crippen molar-refractivity contribution in [1.29, 1.82) is 0 Å². The van der Waals surface area contributed by atoms with Gasteiger partial charge in [0.2, 0.25) is 0 Å². The molecular weight excluding hydrogens is 242 g/mol. The second-order valence-corrected chi connectivity index (χ2v) is 5.20. The topological polar surface area (TPSA) is 70.1 Å². The highest BCUT2D eigenvalue weighted by atomic mass is 16.5. The molecule has 0 amide bonds. The summed E-state index contributed by atoms with van der Waals surface area (Å²) in [5.74, 6) is 0.571. The van der Waals surface area contributed by atoms with Crippen molar-refractivity contribution in [1.82, 2.24) is 9.78 Å². The molecule has 5 nitrogen and oxygen atoms in total. The zero-order chi connectivity index (χ0) is 13.8. The van der Waals surface area contributed by atoms with Crippen molar-refractivity contribution in [3.05, 3.63) is 11.9 Å². The summed E-state index contributed by atoms with van der Waals surface area (Å²) in [5.41, 5.74) is 6.70. The van der Waals surface area contributed by atoms with E-state index in [9.17, 15) is 4.79 Å². The highest BCUT2D eigenvalue weighted by molar-refractivity contribution is 5.99. The second-order valence-electron chi connectivity index (χ2n) is 5.20. The summed E-state index contributed by atoms with van der Waals surface area (Å²) in [6, 6.07) is -0.0315. The van der Waals surface area contributed by atoms with Gasteiger partial charge in [-0.05, 0) is 19.3 Å². The quantitative estimate of drug-likeness (QED) is 0.827. The highest BCUT2D eigenvalue weighted by Crippen LogP contribution is 2.29. The van der Waals surface area contributed by atoms with Crippen molar-refractivity contribution in [2.24, 2.45) is 11.7 Å². The van der Waals surface area contributed by atoms with E-state index in [1.54, 1.807) is 18.0 Å². The summed E-state index contributed by atoms with van der Waals surface area (Å²) < 4.78 is 7.03. The molecule has 1 aromatic rings. The minimum Gasteiger partial charge on any atom is -0.493 e. The number of hydrogen-bond acceptors (Lipinski definition) is 4. The lowest BCUT2D eigenvalue weighted by Gasteiger charge is -2.27. The standard InChI is InChI=1S/C14H23N3O2/c1-3-8-17-13(12(19-2)9-16-17)14(18)10-6-4-5-7-11(10)15/h9-11H,3-8,15H2,1-2H3. The molecule has 0 aromatic carbocycles. The summed E-state index contributed by atoms with van der Waals surface area (Å²) in [5, 5.41) is 4.25. The highest BCUT2D eigenvalue weighted by Gasteiger charge is 2.32. The van der Waals surface area contributed by atoms with Gasteiger partial charge in [0.15, 0.2) is 11.5 Å². The van der Waals surface area contributed by atoms with Gasteiger partial charge in [0.25, 0.3) is 0 Å². The normalized spacial score (nSPS) is 23.3. The molecule has 0 saturated heterocycles. The summed E-state index contributed by atoms with van der Waals surface area (Å²) in [4.78, 5) is 12.7. The summed E-state index contributed by atoms with van der Waals surface area (Å²) in [6.07, 6.45) is 6.56. The molecule has 1 saturated carbocycles. The fraction of sp³-hybridized carbons (Fsp3) is 0.714. The first-order valence-electron chi connectivity index (χ1n) is 7.08. The van der Waals surface area contributed by atoms with Crippen molar-refractivity contribution in [3.8, 4) is 5.75 Å². The number of methoxy groups -OCH3 is 1. The van der Waals surface area contributed by atoms with Crippen molar-refractivity contribution in [2.75, 3.05) is 7.11 Å². The molecule has 2 unspecified atom stereocenters. The summed E-state index contributed by atoms with van der Waals surface area (Å²) in [7, 11) is 1.57. The van der Waals surface area contributed by atoms with E-state index in [2.05, 4.69) is 12.0 Å². The van der Waals surface area contributed by atoms with Crippen LogP contribution in [0.25, 0.3) is 0 Å². The third-order valence-electron chi connectivity index (χ3n) is 3.85. The average Bonchev–Trinajstić information content (AvgIpc) is 2.82. The maximum atomic E-state index is 12.7. The molecule has 1 aliphatic carbocycles. The van der Waals surface area contributed by atoms with E-state index in [1.165, 1.54) is 0 Å². The number of carbonyl (C=O) groups excluding carboxylic acids is 1. The van der Waals surface area contributed by atoms with Crippen LogP contribution in [0, 0.1) is 5.92 Å². The zero-order valence-corrected chi connectivity index (χ0v) is 11.8. The molecule has 0 bridgehead atoms. The van der Waals surface area contributed by atoms with Crippen LogP contribution in [0.2, 0.25) is 0 Å². The Labute approximate surface area is 114 Å². The van der Waals surface area contributed by atoms with Crippen LogP contribution in [-0.4, -0.2) is 28.7 Å². The van der Waals surface area contributed by atoms with Crippen LogP contribution in [-0.2, 0) is 6.54 Å². The molecule has 0 aliphatic heterocycles. The van der Waals surface area contributed by atoms with Gasteiger partial charge < -0.3 is 10.5 Å². The minimum atomic E-state index is -0.0880. The number of hydrogen-bond donors (Lipinski definition) is 1. The van der Waals surface area contributed by atoms with Gasteiger partial charge in [0, 0.05) is 18.5 Å². The first-order chi connectivity index (χ1) is 9.19. The van der Waals surface area contributed by atoms with Crippen LogP contribution in [0.1, 0.15) is 49.5 Å². The number of ether oxygens (including phenoxy) is 1. The molecule has 1 aromatic heterocycles. The number of aryl methyl sites for hydroxylation is 1. The monoisotopic (exact) mass is 265 g/mol. The SMILES string of the molecule is CCCn1ncc(OC)c1C(=O)C1CCCCC1N. The van der Waals surface area contributed by atoms with E-state index in [1.807, 2.05) is 0 Å². The van der Waals surface area contributed by atoms with Crippen LogP contribution in [0.15, 0.2) is 6.20 Å². The van der Waals surface area contributed by atoms with E-state index in [4.69, 9.17) is 10.5 Å². The molecule has 1 aliphatic rings. The third-order valence-corrected chi connectivity index (χ3v) is 3.85. The van der Waals surface area contributed by atoms with E-state index >= 15 is 0 Å². The molecule has 2 atom stereocenters. The molecular formula is C14H23N3O2. The first-order valence-corrected chi connectivity index (χ1v) is 7.08. The van der Waals surface area contributed by atoms with Crippen LogP contribution in [0.4, 0.5) is 0 Å². The molecule has 5 heteroatoms. The molecule has 2 N–H and O–H groups in total. The first kappa shape index (κ1) is 14.1. The van der Waals surface area contributed by atoms with Gasteiger partial charge in [0.05, 0.1) is 13.3 Å². The number of Topliss-reactive ketones (excluding diaryl/α,β-unsaturated/α-hetero) is 1. The summed E-state index contributed by atoms with van der Waals surface area (Å²) in [6.45, 7) is 2.79. The van der Waals surface area contributed by atoms with Crippen LogP contribution in [0.3, 0.4) is 0 Å². The Hall–Kier alpha value is -1.36. The van der Waals surface area contributed by atoms with E-state index < -0.39 is 0 Å². The number of nitrogens with two attached hydrogens (primary N) is 1. The maximum absolute atomic E-state index is 12.7. The number of carbonyl (C=O) groups is 1.